The fraction of sp³-hybridized carbons (Fsp3) is 0.0833. The van der Waals surface area contributed by atoms with Crippen molar-refractivity contribution in [2.45, 2.75) is 11.8 Å². The number of benzene rings is 1. The van der Waals surface area contributed by atoms with E-state index < -0.39 is 10.0 Å². The molecule has 0 saturated heterocycles. The van der Waals surface area contributed by atoms with Crippen LogP contribution in [0.2, 0.25) is 0 Å². The molecule has 0 aliphatic carbocycles. The van der Waals surface area contributed by atoms with E-state index in [2.05, 4.69) is 9.71 Å². The summed E-state index contributed by atoms with van der Waals surface area (Å²) >= 11 is 0. The highest BCUT2D eigenvalue weighted by molar-refractivity contribution is 7.92. The van der Waals surface area contributed by atoms with Crippen molar-refractivity contribution < 1.29 is 8.42 Å². The zero-order valence-electron chi connectivity index (χ0n) is 9.29. The van der Waals surface area contributed by atoms with Gasteiger partial charge in [-0.2, -0.15) is 0 Å². The lowest BCUT2D eigenvalue weighted by Crippen LogP contribution is -2.14. The SMILES string of the molecule is Cc1cccnc1NS(=O)(=O)c1ccccc1. The van der Waals surface area contributed by atoms with Gasteiger partial charge in [0, 0.05) is 6.20 Å². The molecule has 0 radical (unpaired) electrons. The zero-order chi connectivity index (χ0) is 12.3. The summed E-state index contributed by atoms with van der Waals surface area (Å²) in [6, 6.07) is 11.8. The summed E-state index contributed by atoms with van der Waals surface area (Å²) in [7, 11) is -3.55. The Labute approximate surface area is 100 Å². The Hall–Kier alpha value is -1.88. The number of hydrogen-bond acceptors (Lipinski definition) is 3. The van der Waals surface area contributed by atoms with Crippen LogP contribution in [0.5, 0.6) is 0 Å². The molecule has 1 heterocycles. The minimum absolute atomic E-state index is 0.227. The first-order chi connectivity index (χ1) is 8.09. The summed E-state index contributed by atoms with van der Waals surface area (Å²) < 4.78 is 26.5. The normalized spacial score (nSPS) is 11.1. The van der Waals surface area contributed by atoms with Gasteiger partial charge in [0.1, 0.15) is 5.82 Å². The van der Waals surface area contributed by atoms with Crippen molar-refractivity contribution in [1.29, 1.82) is 0 Å². The van der Waals surface area contributed by atoms with E-state index in [0.717, 1.165) is 5.56 Å². The minimum Gasteiger partial charge on any atom is -0.263 e. The molecule has 4 nitrogen and oxygen atoms in total. The van der Waals surface area contributed by atoms with E-state index in [-0.39, 0.29) is 4.90 Å². The predicted molar refractivity (Wildman–Crippen MR) is 66.2 cm³/mol. The molecule has 0 unspecified atom stereocenters. The van der Waals surface area contributed by atoms with Gasteiger partial charge in [0.25, 0.3) is 10.0 Å². The molecule has 2 rings (SSSR count). The van der Waals surface area contributed by atoms with Crippen LogP contribution in [0, 0.1) is 6.92 Å². The summed E-state index contributed by atoms with van der Waals surface area (Å²) in [5, 5.41) is 0. The highest BCUT2D eigenvalue weighted by Gasteiger charge is 2.14. The third kappa shape index (κ3) is 2.62. The molecule has 0 amide bonds. The molecule has 5 heteroatoms. The van der Waals surface area contributed by atoms with Crippen LogP contribution in [0.25, 0.3) is 0 Å². The summed E-state index contributed by atoms with van der Waals surface area (Å²) in [5.41, 5.74) is 0.784. The molecule has 0 bridgehead atoms. The van der Waals surface area contributed by atoms with Gasteiger partial charge in [0.05, 0.1) is 4.90 Å². The number of sulfonamides is 1. The van der Waals surface area contributed by atoms with Crippen LogP contribution >= 0.6 is 0 Å². The first-order valence-corrected chi connectivity index (χ1v) is 6.57. The number of rotatable bonds is 3. The molecule has 88 valence electrons. The van der Waals surface area contributed by atoms with Crippen molar-refractivity contribution in [3.63, 3.8) is 0 Å². The van der Waals surface area contributed by atoms with Gasteiger partial charge < -0.3 is 0 Å². The number of anilines is 1. The number of nitrogens with zero attached hydrogens (tertiary/aromatic N) is 1. The number of hydrogen-bond donors (Lipinski definition) is 1. The fourth-order valence-electron chi connectivity index (χ4n) is 1.38. The smallest absolute Gasteiger partial charge is 0.263 e. The largest absolute Gasteiger partial charge is 0.263 e. The van der Waals surface area contributed by atoms with Crippen molar-refractivity contribution >= 4 is 15.8 Å². The topological polar surface area (TPSA) is 59.1 Å². The van der Waals surface area contributed by atoms with Gasteiger partial charge in [-0.1, -0.05) is 24.3 Å². The molecule has 1 aromatic carbocycles. The number of pyridine rings is 1. The maximum absolute atomic E-state index is 12.0. The molecule has 17 heavy (non-hydrogen) atoms. The molecule has 0 saturated carbocycles. The van der Waals surface area contributed by atoms with E-state index in [9.17, 15) is 8.42 Å². The lowest BCUT2D eigenvalue weighted by molar-refractivity contribution is 0.601. The fourth-order valence-corrected chi connectivity index (χ4v) is 2.48. The lowest BCUT2D eigenvalue weighted by atomic mass is 10.3. The average Bonchev–Trinajstić information content (AvgIpc) is 2.33. The first kappa shape index (κ1) is 11.6. The summed E-state index contributed by atoms with van der Waals surface area (Å²) in [4.78, 5) is 4.23. The standard InChI is InChI=1S/C12H12N2O2S/c1-10-6-5-9-13-12(10)14-17(15,16)11-7-3-2-4-8-11/h2-9H,1H3,(H,13,14). The number of aromatic nitrogens is 1. The van der Waals surface area contributed by atoms with Gasteiger partial charge in [-0.05, 0) is 30.7 Å². The van der Waals surface area contributed by atoms with Crippen LogP contribution in [-0.4, -0.2) is 13.4 Å². The lowest BCUT2D eigenvalue weighted by Gasteiger charge is -2.08. The van der Waals surface area contributed by atoms with E-state index in [1.807, 2.05) is 0 Å². The second kappa shape index (κ2) is 4.55. The zero-order valence-corrected chi connectivity index (χ0v) is 10.1. The first-order valence-electron chi connectivity index (χ1n) is 5.09. The van der Waals surface area contributed by atoms with E-state index in [4.69, 9.17) is 0 Å². The third-order valence-corrected chi connectivity index (χ3v) is 3.65. The molecule has 0 spiro atoms. The van der Waals surface area contributed by atoms with Crippen molar-refractivity contribution in [2.24, 2.45) is 0 Å². The molecule has 2 aromatic rings. The second-order valence-electron chi connectivity index (χ2n) is 3.59. The number of aryl methyl sites for hydroxylation is 1. The Bertz CT molecular complexity index is 609. The van der Waals surface area contributed by atoms with Crippen LogP contribution in [0.4, 0.5) is 5.82 Å². The summed E-state index contributed by atoms with van der Waals surface area (Å²) in [6.45, 7) is 1.80. The van der Waals surface area contributed by atoms with Crippen LogP contribution in [0.1, 0.15) is 5.56 Å². The summed E-state index contributed by atoms with van der Waals surface area (Å²) in [5.74, 6) is 0.358. The van der Waals surface area contributed by atoms with E-state index in [0.29, 0.717) is 5.82 Å². The third-order valence-electron chi connectivity index (χ3n) is 2.29. The predicted octanol–water partition coefficient (Wildman–Crippen LogP) is 2.19. The van der Waals surface area contributed by atoms with Crippen LogP contribution < -0.4 is 4.72 Å². The van der Waals surface area contributed by atoms with E-state index in [1.165, 1.54) is 0 Å². The molecule has 1 aromatic heterocycles. The molecular weight excluding hydrogens is 236 g/mol. The van der Waals surface area contributed by atoms with E-state index in [1.54, 1.807) is 55.6 Å². The van der Waals surface area contributed by atoms with E-state index >= 15 is 0 Å². The monoisotopic (exact) mass is 248 g/mol. The van der Waals surface area contributed by atoms with Gasteiger partial charge in [-0.15, -0.1) is 0 Å². The van der Waals surface area contributed by atoms with Crippen LogP contribution in [-0.2, 0) is 10.0 Å². The van der Waals surface area contributed by atoms with Gasteiger partial charge in [-0.25, -0.2) is 13.4 Å². The Morgan fingerprint density at radius 2 is 1.76 bits per heavy atom. The van der Waals surface area contributed by atoms with Gasteiger partial charge in [-0.3, -0.25) is 4.72 Å². The summed E-state index contributed by atoms with van der Waals surface area (Å²) in [6.07, 6.45) is 1.55. The van der Waals surface area contributed by atoms with Crippen LogP contribution in [0.3, 0.4) is 0 Å². The van der Waals surface area contributed by atoms with Crippen molar-refractivity contribution in [3.8, 4) is 0 Å². The molecule has 0 aliphatic heterocycles. The van der Waals surface area contributed by atoms with Crippen LogP contribution in [0.15, 0.2) is 53.6 Å². The molecule has 1 N–H and O–H groups in total. The molecule has 0 fully saturated rings. The average molecular weight is 248 g/mol. The molecular formula is C12H12N2O2S. The quantitative estimate of drug-likeness (QED) is 0.905. The van der Waals surface area contributed by atoms with Crippen molar-refractivity contribution in [1.82, 2.24) is 4.98 Å². The Morgan fingerprint density at radius 1 is 1.06 bits per heavy atom. The highest BCUT2D eigenvalue weighted by atomic mass is 32.2. The molecule has 0 aliphatic rings. The Kier molecular flexibility index (Phi) is 3.10. The van der Waals surface area contributed by atoms with Gasteiger partial charge >= 0.3 is 0 Å². The number of nitrogens with one attached hydrogen (secondary N) is 1. The van der Waals surface area contributed by atoms with Gasteiger partial charge in [0.15, 0.2) is 0 Å². The van der Waals surface area contributed by atoms with Gasteiger partial charge in [0.2, 0.25) is 0 Å². The second-order valence-corrected chi connectivity index (χ2v) is 5.27. The maximum Gasteiger partial charge on any atom is 0.263 e. The Balaban J connectivity index is 2.34. The van der Waals surface area contributed by atoms with Crippen molar-refractivity contribution in [2.75, 3.05) is 4.72 Å². The minimum atomic E-state index is -3.55. The Morgan fingerprint density at radius 3 is 2.41 bits per heavy atom. The maximum atomic E-state index is 12.0. The van der Waals surface area contributed by atoms with Crippen molar-refractivity contribution in [3.05, 3.63) is 54.2 Å². The highest BCUT2D eigenvalue weighted by Crippen LogP contribution is 2.16. The molecule has 0 atom stereocenters.